The van der Waals surface area contributed by atoms with Gasteiger partial charge in [-0.1, -0.05) is 48.0 Å². The van der Waals surface area contributed by atoms with Crippen molar-refractivity contribution in [3.63, 3.8) is 0 Å². The minimum atomic E-state index is -0.345. The van der Waals surface area contributed by atoms with Crippen molar-refractivity contribution in [2.45, 2.75) is 33.3 Å². The zero-order valence-corrected chi connectivity index (χ0v) is 19.4. The predicted molar refractivity (Wildman–Crippen MR) is 133 cm³/mol. The third-order valence-corrected chi connectivity index (χ3v) is 4.78. The largest absolute Gasteiger partial charge is 0.490 e. The number of carbonyl (C=O) groups excluding carboxylic acids is 2. The smallest absolute Gasteiger partial charge is 0.240 e. The molecular formula is C27H29N3O4. The number of carbonyl (C=O) groups is 2. The monoisotopic (exact) mass is 459 g/mol. The number of hydrogen-bond acceptors (Lipinski definition) is 5. The third-order valence-electron chi connectivity index (χ3n) is 4.78. The first-order valence-electron chi connectivity index (χ1n) is 11.2. The maximum atomic E-state index is 12.0. The second-order valence-electron chi connectivity index (χ2n) is 7.62. The van der Waals surface area contributed by atoms with Crippen LogP contribution in [0, 0.1) is 6.92 Å². The lowest BCUT2D eigenvalue weighted by atomic mass is 10.1. The van der Waals surface area contributed by atoms with Crippen LogP contribution in [-0.2, 0) is 16.2 Å². The fraction of sp³-hybridized carbons (Fsp3) is 0.222. The number of amides is 2. The van der Waals surface area contributed by atoms with Gasteiger partial charge in [0, 0.05) is 18.5 Å². The van der Waals surface area contributed by atoms with Crippen LogP contribution >= 0.6 is 0 Å². The van der Waals surface area contributed by atoms with Gasteiger partial charge in [0.25, 0.3) is 0 Å². The van der Waals surface area contributed by atoms with Gasteiger partial charge in [-0.05, 0) is 55.3 Å². The van der Waals surface area contributed by atoms with Crippen LogP contribution in [0.15, 0.2) is 77.9 Å². The summed E-state index contributed by atoms with van der Waals surface area (Å²) in [5.41, 5.74) is 6.14. The number of aryl methyl sites for hydroxylation is 1. The number of ether oxygens (including phenoxy) is 2. The second kappa shape index (κ2) is 12.8. The van der Waals surface area contributed by atoms with E-state index >= 15 is 0 Å². The maximum Gasteiger partial charge on any atom is 0.240 e. The van der Waals surface area contributed by atoms with E-state index in [1.807, 2.05) is 62.4 Å². The van der Waals surface area contributed by atoms with E-state index in [9.17, 15) is 9.59 Å². The summed E-state index contributed by atoms with van der Waals surface area (Å²) in [5.74, 6) is 0.660. The predicted octanol–water partition coefficient (Wildman–Crippen LogP) is 4.84. The normalized spacial score (nSPS) is 10.6. The van der Waals surface area contributed by atoms with Gasteiger partial charge in [0.1, 0.15) is 6.61 Å². The van der Waals surface area contributed by atoms with Gasteiger partial charge < -0.3 is 14.8 Å². The van der Waals surface area contributed by atoms with Gasteiger partial charge in [-0.15, -0.1) is 0 Å². The molecule has 7 heteroatoms. The van der Waals surface area contributed by atoms with E-state index in [4.69, 9.17) is 9.47 Å². The number of rotatable bonds is 11. The Labute approximate surface area is 199 Å². The SMILES string of the molecule is CCOc1cc(C=NNC(=O)CCC(=O)Nc2ccccc2)ccc1OCc1cccc(C)c1. The van der Waals surface area contributed by atoms with Crippen LogP contribution in [0.1, 0.15) is 36.5 Å². The van der Waals surface area contributed by atoms with Crippen molar-refractivity contribution in [2.75, 3.05) is 11.9 Å². The Kier molecular flexibility index (Phi) is 9.22. The van der Waals surface area contributed by atoms with Crippen LogP contribution in [0.2, 0.25) is 0 Å². The number of benzene rings is 3. The van der Waals surface area contributed by atoms with Crippen molar-refractivity contribution >= 4 is 23.7 Å². The Bertz CT molecular complexity index is 1130. The number of hydrazone groups is 1. The highest BCUT2D eigenvalue weighted by molar-refractivity contribution is 5.93. The van der Waals surface area contributed by atoms with Gasteiger partial charge in [0.15, 0.2) is 11.5 Å². The Balaban J connectivity index is 1.49. The summed E-state index contributed by atoms with van der Waals surface area (Å²) in [5, 5.41) is 6.73. The Morgan fingerprint density at radius 2 is 1.68 bits per heavy atom. The molecule has 0 radical (unpaired) electrons. The van der Waals surface area contributed by atoms with Gasteiger partial charge in [-0.3, -0.25) is 9.59 Å². The fourth-order valence-electron chi connectivity index (χ4n) is 3.16. The summed E-state index contributed by atoms with van der Waals surface area (Å²) in [6.45, 7) is 4.87. The lowest BCUT2D eigenvalue weighted by molar-refractivity contribution is -0.124. The van der Waals surface area contributed by atoms with E-state index in [0.717, 1.165) is 11.1 Å². The fourth-order valence-corrected chi connectivity index (χ4v) is 3.16. The summed E-state index contributed by atoms with van der Waals surface area (Å²) in [4.78, 5) is 24.0. The Morgan fingerprint density at radius 3 is 2.44 bits per heavy atom. The van der Waals surface area contributed by atoms with Crippen molar-refractivity contribution in [3.8, 4) is 11.5 Å². The molecule has 0 saturated heterocycles. The number of nitrogens with zero attached hydrogens (tertiary/aromatic N) is 1. The topological polar surface area (TPSA) is 89.0 Å². The first kappa shape index (κ1) is 24.5. The molecule has 176 valence electrons. The highest BCUT2D eigenvalue weighted by Crippen LogP contribution is 2.29. The van der Waals surface area contributed by atoms with Crippen molar-refractivity contribution in [2.24, 2.45) is 5.10 Å². The Hall–Kier alpha value is -4.13. The Morgan fingerprint density at radius 1 is 0.882 bits per heavy atom. The summed E-state index contributed by atoms with van der Waals surface area (Å²) >= 11 is 0. The zero-order chi connectivity index (χ0) is 24.2. The van der Waals surface area contributed by atoms with Crippen molar-refractivity contribution in [3.05, 3.63) is 89.5 Å². The third kappa shape index (κ3) is 8.09. The highest BCUT2D eigenvalue weighted by atomic mass is 16.5. The zero-order valence-electron chi connectivity index (χ0n) is 19.4. The molecule has 0 aromatic heterocycles. The molecule has 2 N–H and O–H groups in total. The first-order valence-corrected chi connectivity index (χ1v) is 11.2. The number of nitrogens with one attached hydrogen (secondary N) is 2. The van der Waals surface area contributed by atoms with Crippen LogP contribution in [0.25, 0.3) is 0 Å². The molecular weight excluding hydrogens is 430 g/mol. The van der Waals surface area contributed by atoms with E-state index in [-0.39, 0.29) is 24.7 Å². The lowest BCUT2D eigenvalue weighted by Crippen LogP contribution is -2.20. The maximum absolute atomic E-state index is 12.0. The van der Waals surface area contributed by atoms with E-state index in [2.05, 4.69) is 21.9 Å². The number of hydrogen-bond donors (Lipinski definition) is 2. The first-order chi connectivity index (χ1) is 16.5. The quantitative estimate of drug-likeness (QED) is 0.317. The summed E-state index contributed by atoms with van der Waals surface area (Å²) in [6.07, 6.45) is 1.62. The molecule has 0 aliphatic rings. The van der Waals surface area contributed by atoms with Gasteiger partial charge in [0.05, 0.1) is 12.8 Å². The minimum absolute atomic E-state index is 0.0337. The van der Waals surface area contributed by atoms with E-state index < -0.39 is 0 Å². The van der Waals surface area contributed by atoms with Crippen molar-refractivity contribution < 1.29 is 19.1 Å². The van der Waals surface area contributed by atoms with E-state index in [0.29, 0.717) is 30.4 Å². The molecule has 7 nitrogen and oxygen atoms in total. The molecule has 0 aliphatic heterocycles. The molecule has 0 fully saturated rings. The molecule has 0 saturated carbocycles. The summed E-state index contributed by atoms with van der Waals surface area (Å²) in [6, 6.07) is 22.7. The molecule has 0 spiro atoms. The van der Waals surface area contributed by atoms with Crippen LogP contribution in [0.4, 0.5) is 5.69 Å². The molecule has 0 heterocycles. The van der Waals surface area contributed by atoms with Crippen LogP contribution in [-0.4, -0.2) is 24.6 Å². The second-order valence-corrected chi connectivity index (χ2v) is 7.62. The molecule has 3 rings (SSSR count). The van der Waals surface area contributed by atoms with Crippen LogP contribution in [0.3, 0.4) is 0 Å². The van der Waals surface area contributed by atoms with Crippen molar-refractivity contribution in [1.29, 1.82) is 0 Å². The average Bonchev–Trinajstić information content (AvgIpc) is 2.83. The van der Waals surface area contributed by atoms with Gasteiger partial charge in [-0.25, -0.2) is 5.43 Å². The van der Waals surface area contributed by atoms with Gasteiger partial charge in [-0.2, -0.15) is 5.10 Å². The molecule has 3 aromatic rings. The van der Waals surface area contributed by atoms with Crippen molar-refractivity contribution in [1.82, 2.24) is 5.43 Å². The molecule has 0 atom stereocenters. The average molecular weight is 460 g/mol. The lowest BCUT2D eigenvalue weighted by Gasteiger charge is -2.13. The van der Waals surface area contributed by atoms with Crippen LogP contribution in [0.5, 0.6) is 11.5 Å². The summed E-state index contributed by atoms with van der Waals surface area (Å²) in [7, 11) is 0. The van der Waals surface area contributed by atoms with Crippen LogP contribution < -0.4 is 20.2 Å². The molecule has 0 aliphatic carbocycles. The van der Waals surface area contributed by atoms with Gasteiger partial charge >= 0.3 is 0 Å². The van der Waals surface area contributed by atoms with E-state index in [1.54, 1.807) is 18.2 Å². The standard InChI is InChI=1S/C27H29N3O4/c1-3-33-25-17-21(12-13-24(25)34-19-22-9-7-8-20(2)16-22)18-28-30-27(32)15-14-26(31)29-23-10-5-4-6-11-23/h4-13,16-18H,3,14-15,19H2,1-2H3,(H,29,31)(H,30,32). The minimum Gasteiger partial charge on any atom is -0.490 e. The van der Waals surface area contributed by atoms with Gasteiger partial charge in [0.2, 0.25) is 11.8 Å². The highest BCUT2D eigenvalue weighted by Gasteiger charge is 2.08. The molecule has 34 heavy (non-hydrogen) atoms. The number of para-hydroxylation sites is 1. The number of anilines is 1. The molecule has 2 amide bonds. The molecule has 0 unspecified atom stereocenters. The molecule has 3 aromatic carbocycles. The molecule has 0 bridgehead atoms. The summed E-state index contributed by atoms with van der Waals surface area (Å²) < 4.78 is 11.7. The van der Waals surface area contributed by atoms with E-state index in [1.165, 1.54) is 11.8 Å².